The normalized spacial score (nSPS) is 15.8. The van der Waals surface area contributed by atoms with Gasteiger partial charge in [0.1, 0.15) is 11.7 Å². The molecule has 2 aromatic rings. The molecule has 198 valence electrons. The summed E-state index contributed by atoms with van der Waals surface area (Å²) in [5.41, 5.74) is 5.72. The lowest BCUT2D eigenvalue weighted by Crippen LogP contribution is -2.17. The van der Waals surface area contributed by atoms with Gasteiger partial charge in [0, 0.05) is 11.1 Å². The zero-order chi connectivity index (χ0) is 26.3. The van der Waals surface area contributed by atoms with Crippen molar-refractivity contribution < 1.29 is 9.53 Å². The van der Waals surface area contributed by atoms with Gasteiger partial charge in [-0.3, -0.25) is 4.79 Å². The molecule has 2 nitrogen and oxygen atoms in total. The van der Waals surface area contributed by atoms with Crippen LogP contribution in [-0.4, -0.2) is 5.97 Å². The number of ether oxygens (including phenoxy) is 1. The van der Waals surface area contributed by atoms with Gasteiger partial charge in [-0.2, -0.15) is 0 Å². The van der Waals surface area contributed by atoms with Gasteiger partial charge in [-0.05, 0) is 40.4 Å². The summed E-state index contributed by atoms with van der Waals surface area (Å²) < 4.78 is 5.93. The highest BCUT2D eigenvalue weighted by atomic mass is 16.5. The standard InChI is InChI=1S/C34H50O2/c1-8-9-10-11-12-13-14-15-16-17-18-25-19-21-26(22-20-25)30-28-23-27(33(2,3)4)24-29(34(5,6)7)31(28)36-32(30)35/h19-24,30H,8-18H2,1-7H3. The van der Waals surface area contributed by atoms with Crippen molar-refractivity contribution in [2.75, 3.05) is 0 Å². The Kier molecular flexibility index (Phi) is 9.84. The van der Waals surface area contributed by atoms with E-state index < -0.39 is 0 Å². The Balaban J connectivity index is 1.62. The van der Waals surface area contributed by atoms with Crippen molar-refractivity contribution in [1.29, 1.82) is 0 Å². The van der Waals surface area contributed by atoms with Gasteiger partial charge in [0.25, 0.3) is 0 Å². The van der Waals surface area contributed by atoms with E-state index in [1.165, 1.54) is 75.3 Å². The summed E-state index contributed by atoms with van der Waals surface area (Å²) >= 11 is 0. The maximum Gasteiger partial charge on any atom is 0.323 e. The lowest BCUT2D eigenvalue weighted by molar-refractivity contribution is -0.133. The molecule has 1 atom stereocenters. The van der Waals surface area contributed by atoms with Gasteiger partial charge in [0.15, 0.2) is 0 Å². The second-order valence-electron chi connectivity index (χ2n) is 13.0. The first-order valence-corrected chi connectivity index (χ1v) is 14.5. The Hall–Kier alpha value is -2.09. The number of aryl methyl sites for hydroxylation is 1. The smallest absolute Gasteiger partial charge is 0.323 e. The first-order chi connectivity index (χ1) is 17.0. The number of esters is 1. The third kappa shape index (κ3) is 7.46. The summed E-state index contributed by atoms with van der Waals surface area (Å²) in [4.78, 5) is 13.1. The number of rotatable bonds is 12. The van der Waals surface area contributed by atoms with Crippen molar-refractivity contribution in [3.63, 3.8) is 0 Å². The SMILES string of the molecule is CCCCCCCCCCCCc1ccc(C2C(=O)Oc3c2cc(C(C)(C)C)cc3C(C)(C)C)cc1. The van der Waals surface area contributed by atoms with Gasteiger partial charge >= 0.3 is 5.97 Å². The highest BCUT2D eigenvalue weighted by molar-refractivity contribution is 5.90. The Morgan fingerprint density at radius 2 is 1.28 bits per heavy atom. The van der Waals surface area contributed by atoms with Gasteiger partial charge in [0.05, 0.1) is 0 Å². The van der Waals surface area contributed by atoms with Crippen LogP contribution in [0.25, 0.3) is 0 Å². The molecule has 0 spiro atoms. The highest BCUT2D eigenvalue weighted by Gasteiger charge is 2.39. The first-order valence-electron chi connectivity index (χ1n) is 14.5. The minimum absolute atomic E-state index is 0.00409. The monoisotopic (exact) mass is 490 g/mol. The van der Waals surface area contributed by atoms with E-state index in [-0.39, 0.29) is 22.7 Å². The summed E-state index contributed by atoms with van der Waals surface area (Å²) in [5.74, 6) is 0.290. The topological polar surface area (TPSA) is 26.3 Å². The van der Waals surface area contributed by atoms with Crippen molar-refractivity contribution >= 4 is 5.97 Å². The minimum Gasteiger partial charge on any atom is -0.425 e. The van der Waals surface area contributed by atoms with Crippen molar-refractivity contribution in [3.05, 3.63) is 64.2 Å². The fourth-order valence-corrected chi connectivity index (χ4v) is 5.27. The fourth-order valence-electron chi connectivity index (χ4n) is 5.27. The molecule has 0 amide bonds. The van der Waals surface area contributed by atoms with Gasteiger partial charge < -0.3 is 4.74 Å². The highest BCUT2D eigenvalue weighted by Crippen LogP contribution is 2.47. The fraction of sp³-hybridized carbons (Fsp3) is 0.618. The molecule has 1 heterocycles. The van der Waals surface area contributed by atoms with Crippen LogP contribution in [0.5, 0.6) is 5.75 Å². The Bertz CT molecular complexity index is 986. The number of benzene rings is 2. The second-order valence-corrected chi connectivity index (χ2v) is 13.0. The average Bonchev–Trinajstić information content (AvgIpc) is 3.14. The van der Waals surface area contributed by atoms with E-state index in [9.17, 15) is 4.79 Å². The van der Waals surface area contributed by atoms with Gasteiger partial charge in [-0.15, -0.1) is 0 Å². The maximum atomic E-state index is 13.1. The van der Waals surface area contributed by atoms with Crippen LogP contribution in [0.15, 0.2) is 36.4 Å². The Morgan fingerprint density at radius 1 is 0.722 bits per heavy atom. The van der Waals surface area contributed by atoms with E-state index >= 15 is 0 Å². The molecule has 1 unspecified atom stereocenters. The van der Waals surface area contributed by atoms with E-state index in [0.717, 1.165) is 28.9 Å². The van der Waals surface area contributed by atoms with Crippen molar-refractivity contribution in [1.82, 2.24) is 0 Å². The number of fused-ring (bicyclic) bond motifs is 1. The van der Waals surface area contributed by atoms with E-state index in [1.807, 2.05) is 0 Å². The van der Waals surface area contributed by atoms with Crippen LogP contribution in [0.1, 0.15) is 146 Å². The first kappa shape index (κ1) is 28.5. The summed E-state index contributed by atoms with van der Waals surface area (Å²) in [5, 5.41) is 0. The predicted octanol–water partition coefficient (Wildman–Crippen LogP) is 9.80. The van der Waals surface area contributed by atoms with Gasteiger partial charge in [-0.1, -0.05) is 143 Å². The second kappa shape index (κ2) is 12.4. The molecule has 0 saturated carbocycles. The number of hydrogen-bond donors (Lipinski definition) is 0. The Morgan fingerprint density at radius 3 is 1.81 bits per heavy atom. The summed E-state index contributed by atoms with van der Waals surface area (Å²) in [6.07, 6.45) is 14.7. The molecular weight excluding hydrogens is 440 g/mol. The molecule has 1 aliphatic rings. The van der Waals surface area contributed by atoms with Crippen LogP contribution < -0.4 is 4.74 Å². The number of hydrogen-bond acceptors (Lipinski definition) is 2. The number of carbonyl (C=O) groups is 1. The molecule has 0 aliphatic carbocycles. The van der Waals surface area contributed by atoms with Crippen molar-refractivity contribution in [2.24, 2.45) is 0 Å². The number of carbonyl (C=O) groups excluding carboxylic acids is 1. The average molecular weight is 491 g/mol. The lowest BCUT2D eigenvalue weighted by atomic mass is 9.77. The van der Waals surface area contributed by atoms with Gasteiger partial charge in [0.2, 0.25) is 0 Å². The van der Waals surface area contributed by atoms with Crippen LogP contribution in [-0.2, 0) is 22.0 Å². The molecule has 0 fully saturated rings. The minimum atomic E-state index is -0.338. The molecule has 36 heavy (non-hydrogen) atoms. The molecule has 0 radical (unpaired) electrons. The third-order valence-electron chi connectivity index (χ3n) is 7.67. The summed E-state index contributed by atoms with van der Waals surface area (Å²) in [7, 11) is 0. The van der Waals surface area contributed by atoms with Crippen molar-refractivity contribution in [3.8, 4) is 5.75 Å². The molecule has 0 N–H and O–H groups in total. The Labute approximate surface area is 221 Å². The summed E-state index contributed by atoms with van der Waals surface area (Å²) in [6.45, 7) is 15.6. The van der Waals surface area contributed by atoms with E-state index in [0.29, 0.717) is 0 Å². The molecule has 0 saturated heterocycles. The largest absolute Gasteiger partial charge is 0.425 e. The van der Waals surface area contributed by atoms with E-state index in [2.05, 4.69) is 84.9 Å². The molecule has 0 bridgehead atoms. The van der Waals surface area contributed by atoms with Crippen LogP contribution >= 0.6 is 0 Å². The predicted molar refractivity (Wildman–Crippen MR) is 153 cm³/mol. The molecule has 3 rings (SSSR count). The molecule has 1 aliphatic heterocycles. The molecular formula is C34H50O2. The van der Waals surface area contributed by atoms with Crippen LogP contribution in [0.4, 0.5) is 0 Å². The molecule has 2 aromatic carbocycles. The van der Waals surface area contributed by atoms with Gasteiger partial charge in [-0.25, -0.2) is 0 Å². The van der Waals surface area contributed by atoms with E-state index in [1.54, 1.807) is 0 Å². The van der Waals surface area contributed by atoms with E-state index in [4.69, 9.17) is 4.74 Å². The zero-order valence-corrected chi connectivity index (χ0v) is 24.1. The van der Waals surface area contributed by atoms with Crippen LogP contribution in [0.2, 0.25) is 0 Å². The third-order valence-corrected chi connectivity index (χ3v) is 7.67. The number of unbranched alkanes of at least 4 members (excludes halogenated alkanes) is 9. The molecule has 0 aromatic heterocycles. The quantitative estimate of drug-likeness (QED) is 0.168. The molecule has 2 heteroatoms. The van der Waals surface area contributed by atoms with Crippen LogP contribution in [0.3, 0.4) is 0 Å². The van der Waals surface area contributed by atoms with Crippen molar-refractivity contribution in [2.45, 2.75) is 136 Å². The summed E-state index contributed by atoms with van der Waals surface area (Å²) in [6, 6.07) is 13.2. The zero-order valence-electron chi connectivity index (χ0n) is 24.1. The lowest BCUT2D eigenvalue weighted by Gasteiger charge is -2.27. The maximum absolute atomic E-state index is 13.1. The van der Waals surface area contributed by atoms with Crippen LogP contribution in [0, 0.1) is 0 Å².